The van der Waals surface area contributed by atoms with Crippen LogP contribution in [0.5, 0.6) is 0 Å². The van der Waals surface area contributed by atoms with E-state index in [4.69, 9.17) is 9.47 Å². The van der Waals surface area contributed by atoms with Gasteiger partial charge in [0.05, 0.1) is 37.2 Å². The van der Waals surface area contributed by atoms with E-state index in [-0.39, 0.29) is 35.9 Å². The van der Waals surface area contributed by atoms with Crippen molar-refractivity contribution in [2.75, 3.05) is 13.2 Å². The molecule has 164 valence electrons. The van der Waals surface area contributed by atoms with Gasteiger partial charge in [0.1, 0.15) is 11.6 Å². The fraction of sp³-hybridized carbons (Fsp3) is 0.850. The van der Waals surface area contributed by atoms with E-state index in [1.807, 2.05) is 13.8 Å². The molecule has 3 heterocycles. The molecular formula is C20H31BrN2O6. The first kappa shape index (κ1) is 22.5. The molecule has 8 nitrogen and oxygen atoms in total. The Morgan fingerprint density at radius 1 is 1.41 bits per heavy atom. The average molecular weight is 475 g/mol. The Balaban J connectivity index is 2.01. The minimum Gasteiger partial charge on any atom is -0.466 e. The van der Waals surface area contributed by atoms with Gasteiger partial charge in [0.2, 0.25) is 11.8 Å². The fourth-order valence-corrected chi connectivity index (χ4v) is 6.21. The number of halogens is 1. The largest absolute Gasteiger partial charge is 0.466 e. The fourth-order valence-electron chi connectivity index (χ4n) is 5.26. The number of fused-ring (bicyclic) bond motifs is 1. The quantitative estimate of drug-likeness (QED) is 0.401. The van der Waals surface area contributed by atoms with Crippen molar-refractivity contribution in [3.8, 4) is 0 Å². The number of carbonyl (C=O) groups excluding carboxylic acids is 3. The molecule has 9 heteroatoms. The number of rotatable bonds is 8. The zero-order valence-corrected chi connectivity index (χ0v) is 19.0. The van der Waals surface area contributed by atoms with E-state index in [1.54, 1.807) is 13.8 Å². The summed E-state index contributed by atoms with van der Waals surface area (Å²) in [5, 5.41) is 12.8. The third-order valence-electron chi connectivity index (χ3n) is 6.38. The summed E-state index contributed by atoms with van der Waals surface area (Å²) in [6.45, 7) is 7.30. The van der Waals surface area contributed by atoms with E-state index in [2.05, 4.69) is 21.2 Å². The van der Waals surface area contributed by atoms with Crippen molar-refractivity contribution in [3.05, 3.63) is 0 Å². The van der Waals surface area contributed by atoms with Gasteiger partial charge in [0, 0.05) is 10.9 Å². The van der Waals surface area contributed by atoms with Gasteiger partial charge in [-0.05, 0) is 33.6 Å². The molecular weight excluding hydrogens is 444 g/mol. The van der Waals surface area contributed by atoms with E-state index in [0.717, 1.165) is 12.8 Å². The number of alkyl halides is 1. The van der Waals surface area contributed by atoms with Crippen LogP contribution in [0.3, 0.4) is 0 Å². The highest BCUT2D eigenvalue weighted by Crippen LogP contribution is 2.60. The topological polar surface area (TPSA) is 105 Å². The number of hydrogen-bond donors (Lipinski definition) is 2. The molecule has 0 radical (unpaired) electrons. The smallest absolute Gasteiger partial charge is 0.312 e. The number of esters is 1. The molecule has 2 bridgehead atoms. The summed E-state index contributed by atoms with van der Waals surface area (Å²) in [5.41, 5.74) is -1.10. The number of aliphatic hydroxyl groups excluding tert-OH is 1. The van der Waals surface area contributed by atoms with Crippen molar-refractivity contribution >= 4 is 33.7 Å². The van der Waals surface area contributed by atoms with Crippen LogP contribution in [0.1, 0.15) is 47.0 Å². The van der Waals surface area contributed by atoms with Crippen molar-refractivity contribution in [1.82, 2.24) is 10.2 Å². The number of carbonyl (C=O) groups is 3. The Morgan fingerprint density at radius 3 is 2.69 bits per heavy atom. The van der Waals surface area contributed by atoms with Crippen LogP contribution in [0.2, 0.25) is 0 Å². The summed E-state index contributed by atoms with van der Waals surface area (Å²) in [5.74, 6) is -2.65. The standard InChI is InChI=1S/C20H31BrN2O6/c1-5-7-10(3)22-17(25)16-20-8-12(21)15(29-20)13(19(27)28-6-2)14(20)18(26)23(16)11(4)9-24/h10-16,24H,5-9H2,1-4H3,(H,22,25)/t10?,11-,12?,13-,14+,15-,16?,20?/m1/s1. The number of likely N-dealkylation sites (tertiary alicyclic amines) is 1. The van der Waals surface area contributed by atoms with Gasteiger partial charge in [0.15, 0.2) is 0 Å². The summed E-state index contributed by atoms with van der Waals surface area (Å²) in [7, 11) is 0. The van der Waals surface area contributed by atoms with Crippen molar-refractivity contribution < 1.29 is 29.0 Å². The Hall–Kier alpha value is -1.19. The number of amides is 2. The van der Waals surface area contributed by atoms with E-state index in [0.29, 0.717) is 6.42 Å². The predicted molar refractivity (Wildman–Crippen MR) is 108 cm³/mol. The Kier molecular flexibility index (Phi) is 6.60. The summed E-state index contributed by atoms with van der Waals surface area (Å²) >= 11 is 3.59. The first-order valence-electron chi connectivity index (χ1n) is 10.4. The van der Waals surface area contributed by atoms with Gasteiger partial charge < -0.3 is 24.8 Å². The van der Waals surface area contributed by atoms with Crippen molar-refractivity contribution in [3.63, 3.8) is 0 Å². The van der Waals surface area contributed by atoms with Crippen molar-refractivity contribution in [1.29, 1.82) is 0 Å². The lowest BCUT2D eigenvalue weighted by Crippen LogP contribution is -2.58. The van der Waals surface area contributed by atoms with Crippen LogP contribution in [-0.2, 0) is 23.9 Å². The van der Waals surface area contributed by atoms with E-state index in [9.17, 15) is 19.5 Å². The molecule has 3 rings (SSSR count). The van der Waals surface area contributed by atoms with Crippen molar-refractivity contribution in [2.24, 2.45) is 11.8 Å². The Morgan fingerprint density at radius 2 is 2.10 bits per heavy atom. The number of aliphatic hydroxyl groups is 1. The normalized spacial score (nSPS) is 37.4. The third kappa shape index (κ3) is 3.49. The summed E-state index contributed by atoms with van der Waals surface area (Å²) in [6.07, 6.45) is 1.66. The molecule has 3 aliphatic rings. The van der Waals surface area contributed by atoms with Crippen LogP contribution in [0, 0.1) is 11.8 Å². The SMILES string of the molecule is CCCC(C)NC(=O)C1N([C@H](C)CO)C(=O)[C@@H]2[C@@H](C(=O)OCC)[C@@H]3OC12CC3Br. The second kappa shape index (κ2) is 8.51. The van der Waals surface area contributed by atoms with Crippen LogP contribution in [-0.4, -0.2) is 75.7 Å². The van der Waals surface area contributed by atoms with Gasteiger partial charge in [0.25, 0.3) is 0 Å². The predicted octanol–water partition coefficient (Wildman–Crippen LogP) is 0.983. The van der Waals surface area contributed by atoms with Crippen molar-refractivity contribution in [2.45, 2.75) is 81.6 Å². The molecule has 0 aromatic rings. The third-order valence-corrected chi connectivity index (χ3v) is 7.23. The van der Waals surface area contributed by atoms with Gasteiger partial charge in [-0.15, -0.1) is 0 Å². The van der Waals surface area contributed by atoms with E-state index < -0.39 is 41.6 Å². The highest BCUT2D eigenvalue weighted by molar-refractivity contribution is 9.09. The molecule has 8 atom stereocenters. The first-order chi connectivity index (χ1) is 13.7. The molecule has 3 fully saturated rings. The summed E-state index contributed by atoms with van der Waals surface area (Å²) < 4.78 is 11.5. The zero-order valence-electron chi connectivity index (χ0n) is 17.4. The first-order valence-corrected chi connectivity index (χ1v) is 11.4. The Labute approximate surface area is 179 Å². The monoisotopic (exact) mass is 474 g/mol. The maximum atomic E-state index is 13.5. The maximum absolute atomic E-state index is 13.5. The second-order valence-electron chi connectivity index (χ2n) is 8.39. The minimum absolute atomic E-state index is 0.0523. The number of nitrogens with zero attached hydrogens (tertiary/aromatic N) is 1. The molecule has 0 aromatic heterocycles. The average Bonchev–Trinajstić information content (AvgIpc) is 3.25. The van der Waals surface area contributed by atoms with E-state index >= 15 is 0 Å². The lowest BCUT2D eigenvalue weighted by molar-refractivity contribution is -0.155. The Bertz CT molecular complexity index is 675. The molecule has 4 unspecified atom stereocenters. The van der Waals surface area contributed by atoms with E-state index in [1.165, 1.54) is 4.90 Å². The van der Waals surface area contributed by atoms with Gasteiger partial charge in [-0.25, -0.2) is 0 Å². The lowest BCUT2D eigenvalue weighted by atomic mass is 9.70. The number of ether oxygens (including phenoxy) is 2. The molecule has 0 aromatic carbocycles. The van der Waals surface area contributed by atoms with Crippen LogP contribution in [0.15, 0.2) is 0 Å². The van der Waals surface area contributed by atoms with Crippen LogP contribution in [0.4, 0.5) is 0 Å². The molecule has 0 aliphatic carbocycles. The van der Waals surface area contributed by atoms with Gasteiger partial charge in [-0.3, -0.25) is 14.4 Å². The lowest BCUT2D eigenvalue weighted by Gasteiger charge is -2.36. The summed E-state index contributed by atoms with van der Waals surface area (Å²) in [6, 6.07) is -1.52. The molecule has 3 saturated heterocycles. The molecule has 29 heavy (non-hydrogen) atoms. The zero-order chi connectivity index (χ0) is 21.5. The molecule has 3 aliphatic heterocycles. The highest BCUT2D eigenvalue weighted by Gasteiger charge is 2.77. The molecule has 0 saturated carbocycles. The van der Waals surface area contributed by atoms with Gasteiger partial charge in [-0.1, -0.05) is 29.3 Å². The number of hydrogen-bond acceptors (Lipinski definition) is 6. The maximum Gasteiger partial charge on any atom is 0.312 e. The molecule has 2 amide bonds. The molecule has 1 spiro atoms. The summed E-state index contributed by atoms with van der Waals surface area (Å²) in [4.78, 5) is 40.8. The minimum atomic E-state index is -1.10. The van der Waals surface area contributed by atoms with Gasteiger partial charge in [-0.2, -0.15) is 0 Å². The van der Waals surface area contributed by atoms with Crippen LogP contribution >= 0.6 is 15.9 Å². The second-order valence-corrected chi connectivity index (χ2v) is 9.57. The molecule has 2 N–H and O–H groups in total. The van der Waals surface area contributed by atoms with Crippen LogP contribution in [0.25, 0.3) is 0 Å². The number of nitrogens with one attached hydrogen (secondary N) is 1. The highest BCUT2D eigenvalue weighted by atomic mass is 79.9. The van der Waals surface area contributed by atoms with Gasteiger partial charge >= 0.3 is 5.97 Å². The van der Waals surface area contributed by atoms with Crippen LogP contribution < -0.4 is 5.32 Å².